The molecule has 0 bridgehead atoms. The molecule has 2 aromatic carbocycles. The number of nitrogens with zero attached hydrogens (tertiary/aromatic N) is 4. The average molecular weight is 536 g/mol. The Morgan fingerprint density at radius 2 is 1.71 bits per heavy atom. The van der Waals surface area contributed by atoms with Gasteiger partial charge in [-0.05, 0) is 61.7 Å². The Morgan fingerprint density at radius 1 is 1.03 bits per heavy atom. The van der Waals surface area contributed by atoms with Gasteiger partial charge in [0, 0.05) is 30.2 Å². The number of ether oxygens (including phenoxy) is 1. The number of anilines is 1. The number of rotatable bonds is 9. The molecule has 9 nitrogen and oxygen atoms in total. The molecule has 0 aliphatic heterocycles. The van der Waals surface area contributed by atoms with Crippen molar-refractivity contribution in [2.75, 3.05) is 25.5 Å². The van der Waals surface area contributed by atoms with Crippen molar-refractivity contribution in [1.29, 1.82) is 0 Å². The second-order valence-corrected chi connectivity index (χ2v) is 10.9. The predicted octanol–water partition coefficient (Wildman–Crippen LogP) is 4.87. The number of amides is 1. The third kappa shape index (κ3) is 5.01. The second-order valence-electron chi connectivity index (χ2n) is 8.96. The van der Waals surface area contributed by atoms with Crippen molar-refractivity contribution in [3.8, 4) is 16.9 Å². The number of carbonyl (C=O) groups excluding carboxylic acids is 1. The summed E-state index contributed by atoms with van der Waals surface area (Å²) in [6.45, 7) is 10.0. The summed E-state index contributed by atoms with van der Waals surface area (Å²) in [5, 5.41) is 7.54. The molecule has 2 aromatic heterocycles. The van der Waals surface area contributed by atoms with Gasteiger partial charge in [0.05, 0.1) is 12.7 Å². The van der Waals surface area contributed by atoms with Gasteiger partial charge in [0.15, 0.2) is 11.3 Å². The van der Waals surface area contributed by atoms with Crippen molar-refractivity contribution >= 4 is 27.3 Å². The molecule has 0 spiro atoms. The van der Waals surface area contributed by atoms with Gasteiger partial charge in [-0.15, -0.1) is 0 Å². The Hall–Kier alpha value is -3.76. The molecule has 0 saturated carbocycles. The van der Waals surface area contributed by atoms with E-state index in [2.05, 4.69) is 22.3 Å². The molecule has 0 fully saturated rings. The van der Waals surface area contributed by atoms with E-state index in [1.165, 1.54) is 17.5 Å². The molecule has 0 radical (unpaired) electrons. The lowest BCUT2D eigenvalue weighted by atomic mass is 10.0. The monoisotopic (exact) mass is 535 g/mol. The first-order valence-corrected chi connectivity index (χ1v) is 14.0. The molecule has 0 aliphatic carbocycles. The molecule has 0 aliphatic rings. The number of hydrogen-bond acceptors (Lipinski definition) is 6. The van der Waals surface area contributed by atoms with Crippen LogP contribution in [0.4, 0.5) is 5.69 Å². The lowest BCUT2D eigenvalue weighted by Gasteiger charge is -2.20. The van der Waals surface area contributed by atoms with E-state index in [4.69, 9.17) is 4.74 Å². The van der Waals surface area contributed by atoms with Crippen molar-refractivity contribution in [3.05, 3.63) is 71.2 Å². The molecule has 1 N–H and O–H groups in total. The Balaban J connectivity index is 1.93. The van der Waals surface area contributed by atoms with Gasteiger partial charge in [0.25, 0.3) is 5.91 Å². The molecule has 4 rings (SSSR count). The highest BCUT2D eigenvalue weighted by Crippen LogP contribution is 2.35. The van der Waals surface area contributed by atoms with E-state index in [0.717, 1.165) is 23.4 Å². The number of sulfonamides is 1. The molecule has 10 heteroatoms. The summed E-state index contributed by atoms with van der Waals surface area (Å²) in [6, 6.07) is 14.4. The first-order valence-electron chi connectivity index (χ1n) is 12.6. The van der Waals surface area contributed by atoms with E-state index < -0.39 is 15.9 Å². The summed E-state index contributed by atoms with van der Waals surface area (Å²) in [5.74, 6) is -0.199. The molecular formula is C28H33N5O4S. The third-order valence-corrected chi connectivity index (χ3v) is 8.58. The van der Waals surface area contributed by atoms with E-state index in [9.17, 15) is 13.2 Å². The van der Waals surface area contributed by atoms with Crippen LogP contribution in [0.3, 0.4) is 0 Å². The van der Waals surface area contributed by atoms with Gasteiger partial charge < -0.3 is 10.1 Å². The molecule has 0 unspecified atom stereocenters. The Bertz CT molecular complexity index is 1590. The molecule has 0 saturated heterocycles. The number of nitrogens with one attached hydrogen (secondary N) is 1. The fraction of sp³-hybridized carbons (Fsp3) is 0.321. The largest absolute Gasteiger partial charge is 0.495 e. The summed E-state index contributed by atoms with van der Waals surface area (Å²) < 4.78 is 35.4. The number of benzene rings is 2. The smallest absolute Gasteiger partial charge is 0.276 e. The normalized spacial score (nSPS) is 11.8. The van der Waals surface area contributed by atoms with Gasteiger partial charge in [0.1, 0.15) is 10.6 Å². The van der Waals surface area contributed by atoms with Gasteiger partial charge in [-0.25, -0.2) is 17.9 Å². The van der Waals surface area contributed by atoms with E-state index in [1.54, 1.807) is 30.5 Å². The maximum absolute atomic E-state index is 13.6. The van der Waals surface area contributed by atoms with Crippen LogP contribution < -0.4 is 10.1 Å². The molecule has 1 amide bonds. The minimum Gasteiger partial charge on any atom is -0.495 e. The van der Waals surface area contributed by atoms with Gasteiger partial charge in [-0.2, -0.15) is 9.40 Å². The molecule has 38 heavy (non-hydrogen) atoms. The summed E-state index contributed by atoms with van der Waals surface area (Å²) in [4.78, 5) is 18.3. The van der Waals surface area contributed by atoms with Gasteiger partial charge in [0.2, 0.25) is 10.0 Å². The van der Waals surface area contributed by atoms with E-state index >= 15 is 0 Å². The number of carbonyl (C=O) groups is 1. The maximum Gasteiger partial charge on any atom is 0.276 e. The minimum atomic E-state index is -3.86. The van der Waals surface area contributed by atoms with Crippen LogP contribution in [0.25, 0.3) is 16.8 Å². The predicted molar refractivity (Wildman–Crippen MR) is 148 cm³/mol. The van der Waals surface area contributed by atoms with E-state index in [0.29, 0.717) is 35.6 Å². The number of aromatic nitrogens is 3. The highest BCUT2D eigenvalue weighted by Gasteiger charge is 2.29. The highest BCUT2D eigenvalue weighted by molar-refractivity contribution is 7.89. The van der Waals surface area contributed by atoms with Crippen LogP contribution in [-0.4, -0.2) is 53.4 Å². The first kappa shape index (κ1) is 27.3. The van der Waals surface area contributed by atoms with Crippen molar-refractivity contribution < 1.29 is 17.9 Å². The molecule has 200 valence electrons. The van der Waals surface area contributed by atoms with Crippen molar-refractivity contribution in [3.63, 3.8) is 0 Å². The lowest BCUT2D eigenvalue weighted by Crippen LogP contribution is -2.30. The van der Waals surface area contributed by atoms with E-state index in [1.807, 2.05) is 44.2 Å². The van der Waals surface area contributed by atoms with E-state index in [-0.39, 0.29) is 16.3 Å². The summed E-state index contributed by atoms with van der Waals surface area (Å²) in [6.07, 6.45) is 0.894. The molecule has 4 aromatic rings. The van der Waals surface area contributed by atoms with Crippen molar-refractivity contribution in [2.45, 2.75) is 45.9 Å². The van der Waals surface area contributed by atoms with Crippen LogP contribution in [-0.2, 0) is 16.4 Å². The van der Waals surface area contributed by atoms with Crippen LogP contribution in [0.15, 0.2) is 53.4 Å². The Labute approximate surface area is 223 Å². The number of fused-ring (bicyclic) bond motifs is 1. The van der Waals surface area contributed by atoms with Gasteiger partial charge >= 0.3 is 0 Å². The third-order valence-electron chi connectivity index (χ3n) is 6.51. The molecule has 2 heterocycles. The minimum absolute atomic E-state index is 0.0198. The quantitative estimate of drug-likeness (QED) is 0.328. The standard InChI is InChI=1S/C28H33N5O4S/c1-7-20-10-13-22(14-11-20)30-28(34)26-25(27-29-18(4)16-19(5)33(27)31-26)21-12-15-23(37-6)24(17-21)38(35,36)32(8-2)9-3/h10-17H,7-9H2,1-6H3,(H,30,34). The fourth-order valence-corrected chi connectivity index (χ4v) is 6.14. The molecule has 0 atom stereocenters. The second kappa shape index (κ2) is 10.9. The Kier molecular flexibility index (Phi) is 7.84. The van der Waals surface area contributed by atoms with Crippen LogP contribution in [0.1, 0.15) is 48.2 Å². The van der Waals surface area contributed by atoms with Gasteiger partial charge in [-0.1, -0.05) is 39.0 Å². The van der Waals surface area contributed by atoms with Crippen LogP contribution in [0.5, 0.6) is 5.75 Å². The number of hydrogen-bond donors (Lipinski definition) is 1. The summed E-state index contributed by atoms with van der Waals surface area (Å²) in [7, 11) is -2.42. The topological polar surface area (TPSA) is 106 Å². The number of aryl methyl sites for hydroxylation is 3. The first-order chi connectivity index (χ1) is 18.1. The Morgan fingerprint density at radius 3 is 2.32 bits per heavy atom. The fourth-order valence-electron chi connectivity index (χ4n) is 4.50. The highest BCUT2D eigenvalue weighted by atomic mass is 32.2. The summed E-state index contributed by atoms with van der Waals surface area (Å²) >= 11 is 0. The van der Waals surface area contributed by atoms with Crippen LogP contribution >= 0.6 is 0 Å². The molecular weight excluding hydrogens is 502 g/mol. The zero-order valence-electron chi connectivity index (χ0n) is 22.6. The maximum atomic E-state index is 13.6. The zero-order valence-corrected chi connectivity index (χ0v) is 23.4. The SMILES string of the molecule is CCc1ccc(NC(=O)c2nn3c(C)cc(C)nc3c2-c2ccc(OC)c(S(=O)(=O)N(CC)CC)c2)cc1. The van der Waals surface area contributed by atoms with Crippen LogP contribution in [0.2, 0.25) is 0 Å². The number of methoxy groups -OCH3 is 1. The van der Waals surface area contributed by atoms with Crippen molar-refractivity contribution in [1.82, 2.24) is 18.9 Å². The lowest BCUT2D eigenvalue weighted by molar-refractivity contribution is 0.102. The van der Waals surface area contributed by atoms with Gasteiger partial charge in [-0.3, -0.25) is 4.79 Å². The zero-order chi connectivity index (χ0) is 27.6. The van der Waals surface area contributed by atoms with Crippen LogP contribution in [0, 0.1) is 13.8 Å². The van der Waals surface area contributed by atoms with Crippen molar-refractivity contribution in [2.24, 2.45) is 0 Å². The summed E-state index contributed by atoms with van der Waals surface area (Å²) in [5.41, 5.74) is 4.89. The average Bonchev–Trinajstić information content (AvgIpc) is 3.29.